The van der Waals surface area contributed by atoms with Gasteiger partial charge < -0.3 is 10.2 Å². The summed E-state index contributed by atoms with van der Waals surface area (Å²) in [6.45, 7) is 7.09. The maximum absolute atomic E-state index is 12.2. The third-order valence-electron chi connectivity index (χ3n) is 4.94. The van der Waals surface area contributed by atoms with Gasteiger partial charge in [-0.3, -0.25) is 4.79 Å². The first kappa shape index (κ1) is 15.9. The predicted molar refractivity (Wildman–Crippen MR) is 89.8 cm³/mol. The number of aromatic nitrogens is 1. The summed E-state index contributed by atoms with van der Waals surface area (Å²) in [6.07, 6.45) is 5.43. The number of nitrogens with one attached hydrogen (secondary N) is 1. The molecule has 0 radical (unpaired) electrons. The number of amides is 1. The second-order valence-electron chi connectivity index (χ2n) is 6.59. The Labute approximate surface area is 137 Å². The van der Waals surface area contributed by atoms with Crippen LogP contribution in [0.15, 0.2) is 5.38 Å². The van der Waals surface area contributed by atoms with E-state index >= 15 is 0 Å². The molecule has 1 aromatic rings. The monoisotopic (exact) mass is 321 g/mol. The van der Waals surface area contributed by atoms with Crippen LogP contribution in [-0.4, -0.2) is 34.9 Å². The standard InChI is InChI=1S/C17H27N3OS/c1-3-12-10-20(17(21)13-5-6-13)8-7-15(12)18-9-14-11-22-16(4-2)19-14/h11-13,15,18H,3-10H2,1-2H3/t12-,15-/m0/s1. The lowest BCUT2D eigenvalue weighted by Crippen LogP contribution is -2.51. The Kier molecular flexibility index (Phi) is 5.14. The molecule has 2 atom stereocenters. The topological polar surface area (TPSA) is 45.2 Å². The normalized spacial score (nSPS) is 25.5. The fourth-order valence-electron chi connectivity index (χ4n) is 3.33. The first-order valence-electron chi connectivity index (χ1n) is 8.66. The minimum atomic E-state index is 0.351. The number of carbonyl (C=O) groups excluding carboxylic acids is 1. The molecule has 0 bridgehead atoms. The van der Waals surface area contributed by atoms with Crippen LogP contribution >= 0.6 is 11.3 Å². The first-order chi connectivity index (χ1) is 10.7. The number of carbonyl (C=O) groups is 1. The van der Waals surface area contributed by atoms with Crippen molar-refractivity contribution in [2.45, 2.75) is 58.5 Å². The largest absolute Gasteiger partial charge is 0.342 e. The number of thiazole rings is 1. The molecular weight excluding hydrogens is 294 g/mol. The highest BCUT2D eigenvalue weighted by Gasteiger charge is 2.37. The van der Waals surface area contributed by atoms with Crippen LogP contribution in [0.4, 0.5) is 0 Å². The summed E-state index contributed by atoms with van der Waals surface area (Å²) < 4.78 is 0. The minimum Gasteiger partial charge on any atom is -0.342 e. The van der Waals surface area contributed by atoms with Crippen LogP contribution < -0.4 is 5.32 Å². The van der Waals surface area contributed by atoms with Crippen molar-refractivity contribution in [2.75, 3.05) is 13.1 Å². The molecule has 5 heteroatoms. The Bertz CT molecular complexity index is 512. The van der Waals surface area contributed by atoms with Crippen molar-refractivity contribution >= 4 is 17.2 Å². The van der Waals surface area contributed by atoms with Gasteiger partial charge in [0.05, 0.1) is 10.7 Å². The molecule has 22 heavy (non-hydrogen) atoms. The predicted octanol–water partition coefficient (Wildman–Crippen LogP) is 2.83. The van der Waals surface area contributed by atoms with Gasteiger partial charge in [0, 0.05) is 37.0 Å². The number of hydrogen-bond donors (Lipinski definition) is 1. The molecule has 1 aliphatic carbocycles. The summed E-state index contributed by atoms with van der Waals surface area (Å²) in [5.41, 5.74) is 1.16. The molecule has 1 amide bonds. The minimum absolute atomic E-state index is 0.351. The number of hydrogen-bond acceptors (Lipinski definition) is 4. The van der Waals surface area contributed by atoms with Gasteiger partial charge in [-0.1, -0.05) is 20.3 Å². The molecule has 1 aromatic heterocycles. The highest BCUT2D eigenvalue weighted by molar-refractivity contribution is 7.09. The Morgan fingerprint density at radius 2 is 2.23 bits per heavy atom. The van der Waals surface area contributed by atoms with E-state index in [1.54, 1.807) is 11.3 Å². The molecule has 3 rings (SSSR count). The molecule has 122 valence electrons. The molecule has 1 saturated carbocycles. The number of aryl methyl sites for hydroxylation is 1. The molecule has 0 spiro atoms. The van der Waals surface area contributed by atoms with Gasteiger partial charge in [0.1, 0.15) is 0 Å². The smallest absolute Gasteiger partial charge is 0.225 e. The number of nitrogens with zero attached hydrogens (tertiary/aromatic N) is 2. The Hall–Kier alpha value is -0.940. The van der Waals surface area contributed by atoms with Gasteiger partial charge in [-0.2, -0.15) is 0 Å². The molecule has 2 fully saturated rings. The Balaban J connectivity index is 1.51. The molecule has 1 saturated heterocycles. The summed E-state index contributed by atoms with van der Waals surface area (Å²) >= 11 is 1.75. The zero-order valence-corrected chi connectivity index (χ0v) is 14.5. The third kappa shape index (κ3) is 3.69. The Morgan fingerprint density at radius 3 is 2.86 bits per heavy atom. The van der Waals surface area contributed by atoms with Gasteiger partial charge in [0.2, 0.25) is 5.91 Å². The van der Waals surface area contributed by atoms with Crippen molar-refractivity contribution in [1.82, 2.24) is 15.2 Å². The van der Waals surface area contributed by atoms with Crippen LogP contribution in [-0.2, 0) is 17.8 Å². The van der Waals surface area contributed by atoms with E-state index in [0.717, 1.165) is 57.4 Å². The quantitative estimate of drug-likeness (QED) is 0.876. The molecule has 1 aliphatic heterocycles. The second kappa shape index (κ2) is 7.09. The SMILES string of the molecule is CCc1nc(CN[C@H]2CCN(C(=O)C3CC3)C[C@@H]2CC)cs1. The van der Waals surface area contributed by atoms with Gasteiger partial charge in [-0.25, -0.2) is 4.98 Å². The fraction of sp³-hybridized carbons (Fsp3) is 0.765. The lowest BCUT2D eigenvalue weighted by molar-refractivity contribution is -0.134. The summed E-state index contributed by atoms with van der Waals surface area (Å²) in [7, 11) is 0. The van der Waals surface area contributed by atoms with Crippen molar-refractivity contribution in [3.05, 3.63) is 16.1 Å². The summed E-state index contributed by atoms with van der Waals surface area (Å²) in [5.74, 6) is 1.33. The van der Waals surface area contributed by atoms with Crippen molar-refractivity contribution in [3.63, 3.8) is 0 Å². The van der Waals surface area contributed by atoms with Gasteiger partial charge >= 0.3 is 0 Å². The Morgan fingerprint density at radius 1 is 1.41 bits per heavy atom. The second-order valence-corrected chi connectivity index (χ2v) is 7.53. The average molecular weight is 321 g/mol. The first-order valence-corrected chi connectivity index (χ1v) is 9.54. The fourth-order valence-corrected chi connectivity index (χ4v) is 4.08. The number of likely N-dealkylation sites (tertiary alicyclic amines) is 1. The van der Waals surface area contributed by atoms with Crippen LogP contribution in [0.2, 0.25) is 0 Å². The van der Waals surface area contributed by atoms with E-state index in [-0.39, 0.29) is 0 Å². The highest BCUT2D eigenvalue weighted by Crippen LogP contribution is 2.33. The summed E-state index contributed by atoms with van der Waals surface area (Å²) in [4.78, 5) is 19.0. The number of rotatable bonds is 6. The zero-order chi connectivity index (χ0) is 15.5. The third-order valence-corrected chi connectivity index (χ3v) is 5.99. The highest BCUT2D eigenvalue weighted by atomic mass is 32.1. The van der Waals surface area contributed by atoms with E-state index in [0.29, 0.717) is 23.8 Å². The van der Waals surface area contributed by atoms with Crippen molar-refractivity contribution in [2.24, 2.45) is 11.8 Å². The zero-order valence-electron chi connectivity index (χ0n) is 13.7. The molecule has 2 heterocycles. The molecule has 4 nitrogen and oxygen atoms in total. The van der Waals surface area contributed by atoms with Gasteiger partial charge in [0.25, 0.3) is 0 Å². The van der Waals surface area contributed by atoms with Gasteiger partial charge in [-0.15, -0.1) is 11.3 Å². The van der Waals surface area contributed by atoms with Crippen LogP contribution in [0.1, 0.15) is 50.2 Å². The van der Waals surface area contributed by atoms with E-state index in [9.17, 15) is 4.79 Å². The van der Waals surface area contributed by atoms with Crippen molar-refractivity contribution in [3.8, 4) is 0 Å². The van der Waals surface area contributed by atoms with E-state index in [1.807, 2.05) is 0 Å². The van der Waals surface area contributed by atoms with E-state index in [1.165, 1.54) is 5.01 Å². The van der Waals surface area contributed by atoms with E-state index in [4.69, 9.17) is 0 Å². The van der Waals surface area contributed by atoms with Crippen LogP contribution in [0.25, 0.3) is 0 Å². The van der Waals surface area contributed by atoms with Crippen molar-refractivity contribution < 1.29 is 4.79 Å². The van der Waals surface area contributed by atoms with E-state index < -0.39 is 0 Å². The van der Waals surface area contributed by atoms with Crippen molar-refractivity contribution in [1.29, 1.82) is 0 Å². The maximum Gasteiger partial charge on any atom is 0.225 e. The molecule has 0 aromatic carbocycles. The van der Waals surface area contributed by atoms with E-state index in [2.05, 4.69) is 34.4 Å². The molecule has 2 aliphatic rings. The summed E-state index contributed by atoms with van der Waals surface area (Å²) in [5, 5.41) is 7.07. The summed E-state index contributed by atoms with van der Waals surface area (Å²) in [6, 6.07) is 0.514. The maximum atomic E-state index is 12.2. The molecule has 0 unspecified atom stereocenters. The van der Waals surface area contributed by atoms with Crippen LogP contribution in [0.3, 0.4) is 0 Å². The van der Waals surface area contributed by atoms with Gasteiger partial charge in [-0.05, 0) is 31.6 Å². The number of piperidine rings is 1. The van der Waals surface area contributed by atoms with Crippen LogP contribution in [0, 0.1) is 11.8 Å². The van der Waals surface area contributed by atoms with Gasteiger partial charge in [0.15, 0.2) is 0 Å². The lowest BCUT2D eigenvalue weighted by atomic mass is 9.89. The molecular formula is C17H27N3OS. The molecule has 1 N–H and O–H groups in total. The van der Waals surface area contributed by atoms with Crippen LogP contribution in [0.5, 0.6) is 0 Å². The average Bonchev–Trinajstić information content (AvgIpc) is 3.30. The lowest BCUT2D eigenvalue weighted by Gasteiger charge is -2.39.